The van der Waals surface area contributed by atoms with Crippen LogP contribution in [0.25, 0.3) is 0 Å². The molecule has 1 aliphatic carbocycles. The fourth-order valence-electron chi connectivity index (χ4n) is 2.94. The van der Waals surface area contributed by atoms with Gasteiger partial charge in [0.05, 0.1) is 24.1 Å². The monoisotopic (exact) mass is 393 g/mol. The molecule has 1 amide bonds. The van der Waals surface area contributed by atoms with Crippen molar-refractivity contribution in [3.05, 3.63) is 38.4 Å². The molecule has 3 rings (SSSR count). The van der Waals surface area contributed by atoms with E-state index in [1.807, 2.05) is 12.4 Å². The van der Waals surface area contributed by atoms with E-state index in [1.54, 1.807) is 18.3 Å². The minimum absolute atomic E-state index is 0.0774. The number of esters is 1. The molecule has 2 aromatic rings. The molecule has 2 aromatic heterocycles. The van der Waals surface area contributed by atoms with Gasteiger partial charge in [-0.2, -0.15) is 0 Å². The zero-order valence-electron chi connectivity index (χ0n) is 15.4. The standard InChI is InChI=1S/C19H24N2O3S2/c1-4-24-19(23)17-14(13-5-6-13)11-26-18(17)20-16(22)10-21(3)9-15-12(2)7-8-25-15/h7-8,11,13H,4-6,9-10H2,1-3H3,(H,20,22)/p+1. The van der Waals surface area contributed by atoms with Crippen LogP contribution in [-0.2, 0) is 16.1 Å². The Kier molecular flexibility index (Phi) is 6.11. The lowest BCUT2D eigenvalue weighted by atomic mass is 10.1. The van der Waals surface area contributed by atoms with Gasteiger partial charge in [0, 0.05) is 0 Å². The summed E-state index contributed by atoms with van der Waals surface area (Å²) in [5, 5.41) is 7.63. The van der Waals surface area contributed by atoms with Crippen LogP contribution in [0.4, 0.5) is 5.00 Å². The molecule has 26 heavy (non-hydrogen) atoms. The zero-order chi connectivity index (χ0) is 18.7. The van der Waals surface area contributed by atoms with Crippen LogP contribution >= 0.6 is 22.7 Å². The van der Waals surface area contributed by atoms with E-state index < -0.39 is 0 Å². The van der Waals surface area contributed by atoms with E-state index in [4.69, 9.17) is 4.74 Å². The van der Waals surface area contributed by atoms with Gasteiger partial charge in [-0.15, -0.1) is 22.7 Å². The third-order valence-corrected chi connectivity index (χ3v) is 6.40. The highest BCUT2D eigenvalue weighted by atomic mass is 32.1. The minimum atomic E-state index is -0.333. The van der Waals surface area contributed by atoms with Gasteiger partial charge in [0.1, 0.15) is 11.5 Å². The van der Waals surface area contributed by atoms with Crippen LogP contribution in [0.3, 0.4) is 0 Å². The van der Waals surface area contributed by atoms with E-state index in [2.05, 4.69) is 23.7 Å². The molecule has 0 aliphatic heterocycles. The highest BCUT2D eigenvalue weighted by molar-refractivity contribution is 7.15. The van der Waals surface area contributed by atoms with Crippen LogP contribution in [0.15, 0.2) is 16.8 Å². The second-order valence-electron chi connectivity index (χ2n) is 6.78. The van der Waals surface area contributed by atoms with Crippen LogP contribution in [0.1, 0.15) is 52.0 Å². The van der Waals surface area contributed by atoms with Gasteiger partial charge in [0.25, 0.3) is 5.91 Å². The molecule has 1 fully saturated rings. The Bertz CT molecular complexity index is 793. The molecule has 7 heteroatoms. The summed E-state index contributed by atoms with van der Waals surface area (Å²) in [7, 11) is 2.01. The van der Waals surface area contributed by atoms with Crippen molar-refractivity contribution in [3.8, 4) is 0 Å². The topological polar surface area (TPSA) is 59.8 Å². The number of ether oxygens (including phenoxy) is 1. The molecule has 0 radical (unpaired) electrons. The van der Waals surface area contributed by atoms with Crippen LogP contribution in [-0.4, -0.2) is 32.1 Å². The van der Waals surface area contributed by atoms with Crippen LogP contribution in [0.2, 0.25) is 0 Å². The van der Waals surface area contributed by atoms with Crippen molar-refractivity contribution in [3.63, 3.8) is 0 Å². The highest BCUT2D eigenvalue weighted by Crippen LogP contribution is 2.46. The first kappa shape index (κ1) is 19.1. The fourth-order valence-corrected chi connectivity index (χ4v) is 5.01. The molecule has 0 bridgehead atoms. The Hall–Kier alpha value is -1.70. The maximum absolute atomic E-state index is 12.5. The molecule has 0 saturated heterocycles. The molecule has 1 aliphatic rings. The van der Waals surface area contributed by atoms with Gasteiger partial charge in [-0.1, -0.05) is 0 Å². The number of likely N-dealkylation sites (N-methyl/N-ethyl adjacent to an activating group) is 1. The fraction of sp³-hybridized carbons (Fsp3) is 0.474. The third-order valence-electron chi connectivity index (χ3n) is 4.46. The maximum atomic E-state index is 12.5. The van der Waals surface area contributed by atoms with E-state index in [-0.39, 0.29) is 11.9 Å². The molecule has 1 saturated carbocycles. The van der Waals surface area contributed by atoms with E-state index in [1.165, 1.54) is 21.8 Å². The number of amides is 1. The largest absolute Gasteiger partial charge is 0.462 e. The smallest absolute Gasteiger partial charge is 0.341 e. The molecule has 2 heterocycles. The average Bonchev–Trinajstić information content (AvgIpc) is 3.23. The summed E-state index contributed by atoms with van der Waals surface area (Å²) < 4.78 is 5.20. The summed E-state index contributed by atoms with van der Waals surface area (Å²) in [6, 6.07) is 2.10. The van der Waals surface area contributed by atoms with Gasteiger partial charge in [0.15, 0.2) is 6.54 Å². The molecule has 140 valence electrons. The zero-order valence-corrected chi connectivity index (χ0v) is 17.0. The summed E-state index contributed by atoms with van der Waals surface area (Å²) >= 11 is 3.14. The third kappa shape index (κ3) is 4.52. The number of aryl methyl sites for hydroxylation is 1. The van der Waals surface area contributed by atoms with Crippen molar-refractivity contribution in [1.29, 1.82) is 0 Å². The Balaban J connectivity index is 1.65. The summed E-state index contributed by atoms with van der Waals surface area (Å²) in [5.74, 6) is 0.0266. The SMILES string of the molecule is CCOC(=O)c1c(C2CC2)csc1NC(=O)C[NH+](C)Cc1sccc1C. The second kappa shape index (κ2) is 8.33. The van der Waals surface area contributed by atoms with Crippen LogP contribution in [0.5, 0.6) is 0 Å². The lowest BCUT2D eigenvalue weighted by Gasteiger charge is -2.14. The Morgan fingerprint density at radius 3 is 2.73 bits per heavy atom. The average molecular weight is 394 g/mol. The molecule has 2 N–H and O–H groups in total. The molecule has 0 aromatic carbocycles. The van der Waals surface area contributed by atoms with Crippen LogP contribution in [0, 0.1) is 6.92 Å². The van der Waals surface area contributed by atoms with Crippen molar-refractivity contribution in [1.82, 2.24) is 0 Å². The summed E-state index contributed by atoms with van der Waals surface area (Å²) in [5.41, 5.74) is 2.85. The van der Waals surface area contributed by atoms with E-state index in [0.717, 1.165) is 29.8 Å². The predicted molar refractivity (Wildman–Crippen MR) is 105 cm³/mol. The minimum Gasteiger partial charge on any atom is -0.462 e. The predicted octanol–water partition coefficient (Wildman–Crippen LogP) is 2.83. The number of nitrogens with one attached hydrogen (secondary N) is 2. The summed E-state index contributed by atoms with van der Waals surface area (Å²) in [4.78, 5) is 27.3. The number of rotatable bonds is 8. The number of hydrogen-bond donors (Lipinski definition) is 2. The van der Waals surface area contributed by atoms with Crippen molar-refractivity contribution in [2.45, 2.75) is 39.2 Å². The van der Waals surface area contributed by atoms with Crippen molar-refractivity contribution >= 4 is 39.6 Å². The molecule has 0 spiro atoms. The van der Waals surface area contributed by atoms with Crippen LogP contribution < -0.4 is 10.2 Å². The van der Waals surface area contributed by atoms with Crippen molar-refractivity contribution < 1.29 is 19.2 Å². The number of hydrogen-bond acceptors (Lipinski definition) is 5. The van der Waals surface area contributed by atoms with E-state index >= 15 is 0 Å². The lowest BCUT2D eigenvalue weighted by Crippen LogP contribution is -3.08. The van der Waals surface area contributed by atoms with Gasteiger partial charge in [-0.05, 0) is 60.6 Å². The number of carbonyl (C=O) groups excluding carboxylic acids is 2. The number of carbonyl (C=O) groups is 2. The van der Waals surface area contributed by atoms with Gasteiger partial charge >= 0.3 is 5.97 Å². The Labute approximate surface area is 162 Å². The van der Waals surface area contributed by atoms with Gasteiger partial charge < -0.3 is 15.0 Å². The molecular formula is C19H25N2O3S2+. The molecular weight excluding hydrogens is 368 g/mol. The van der Waals surface area contributed by atoms with Gasteiger partial charge in [0.2, 0.25) is 0 Å². The van der Waals surface area contributed by atoms with Gasteiger partial charge in [-0.3, -0.25) is 4.79 Å². The normalized spacial score (nSPS) is 14.9. The quantitative estimate of drug-likeness (QED) is 0.678. The van der Waals surface area contributed by atoms with Gasteiger partial charge in [-0.25, -0.2) is 4.79 Å². The summed E-state index contributed by atoms with van der Waals surface area (Å²) in [6.45, 7) is 5.40. The molecule has 1 unspecified atom stereocenters. The molecule has 1 atom stereocenters. The van der Waals surface area contributed by atoms with E-state index in [9.17, 15) is 9.59 Å². The summed E-state index contributed by atoms with van der Waals surface area (Å²) in [6.07, 6.45) is 2.20. The maximum Gasteiger partial charge on any atom is 0.341 e. The number of anilines is 1. The lowest BCUT2D eigenvalue weighted by molar-refractivity contribution is -0.884. The molecule has 5 nitrogen and oxygen atoms in total. The first-order valence-electron chi connectivity index (χ1n) is 8.92. The van der Waals surface area contributed by atoms with Crippen molar-refractivity contribution in [2.24, 2.45) is 0 Å². The highest BCUT2D eigenvalue weighted by Gasteiger charge is 2.32. The second-order valence-corrected chi connectivity index (χ2v) is 8.66. The first-order valence-corrected chi connectivity index (χ1v) is 10.7. The van der Waals surface area contributed by atoms with Crippen molar-refractivity contribution in [2.75, 3.05) is 25.5 Å². The number of quaternary nitrogens is 1. The Morgan fingerprint density at radius 1 is 1.35 bits per heavy atom. The van der Waals surface area contributed by atoms with E-state index in [0.29, 0.717) is 29.6 Å². The Morgan fingerprint density at radius 2 is 2.12 bits per heavy atom. The number of thiophene rings is 2. The first-order chi connectivity index (χ1) is 12.5.